The van der Waals surface area contributed by atoms with E-state index in [-0.39, 0.29) is 0 Å². The molecule has 0 unspecified atom stereocenters. The molecular formula is C46H29NO2. The van der Waals surface area contributed by atoms with Crippen molar-refractivity contribution < 1.29 is 48.6 Å². The average molecular weight is 657 g/mol. The number of hydrogen-bond donors (Lipinski definition) is 0. The Morgan fingerprint density at radius 2 is 0.959 bits per heavy atom. The fourth-order valence-corrected chi connectivity index (χ4v) is 5.41. The number of fused-ring (bicyclic) bond motifs is 7. The van der Waals surface area contributed by atoms with Crippen LogP contribution in [0.2, 0.25) is 0 Å². The highest BCUT2D eigenvalue weighted by molar-refractivity contribution is 6.23. The molecule has 0 saturated carbocycles. The molecule has 0 saturated heterocycles. The van der Waals surface area contributed by atoms with Crippen molar-refractivity contribution in [3.63, 3.8) is 0 Å². The van der Waals surface area contributed by atoms with Crippen LogP contribution in [0.15, 0.2) is 184 Å². The van der Waals surface area contributed by atoms with Gasteiger partial charge in [-0.25, -0.2) is 0 Å². The van der Waals surface area contributed by atoms with Gasteiger partial charge in [0.05, 0.1) is 39.8 Å². The molecule has 0 aliphatic rings. The molecule has 0 spiro atoms. The summed E-state index contributed by atoms with van der Waals surface area (Å²) in [5.41, 5.74) is -8.93. The Kier molecular flexibility index (Phi) is 2.53. The normalized spacial score (nSPS) is 20.0. The standard InChI is InChI=1S/C46H29NO2/c1-2-10-30(11-3-1)32-18-23-35(24-19-32)47(37-27-20-31-12-4-5-13-34(31)28-37)36-25-21-33(22-26-36)44-45-39-15-7-9-17-42(39)48-43(45)29-40-38-14-6-8-16-41(38)49-46(40)44/h1-29H/i1D,2D,3D,4D,5D,6D,7D,8D,9D,10D,11D,12D,13D,14D,15D,16D,17D,18D,19D,20D,21D,22D,23D,24D,25D,26D,27D,28D,29D. The highest BCUT2D eigenvalue weighted by Crippen LogP contribution is 2.46. The van der Waals surface area contributed by atoms with E-state index in [0.29, 0.717) is 4.90 Å². The Morgan fingerprint density at radius 1 is 0.388 bits per heavy atom. The van der Waals surface area contributed by atoms with Gasteiger partial charge in [0.15, 0.2) is 0 Å². The lowest BCUT2D eigenvalue weighted by molar-refractivity contribution is 0.664. The van der Waals surface area contributed by atoms with Crippen LogP contribution < -0.4 is 4.90 Å². The predicted octanol–water partition coefficient (Wildman–Crippen LogP) is 13.4. The van der Waals surface area contributed by atoms with Gasteiger partial charge in [0.1, 0.15) is 22.3 Å². The van der Waals surface area contributed by atoms with Crippen molar-refractivity contribution in [1.29, 1.82) is 0 Å². The molecule has 10 aromatic rings. The maximum Gasteiger partial charge on any atom is 0.144 e. The van der Waals surface area contributed by atoms with Crippen molar-refractivity contribution in [3.05, 3.63) is 175 Å². The van der Waals surface area contributed by atoms with Crippen LogP contribution in [0, 0.1) is 0 Å². The van der Waals surface area contributed by atoms with Gasteiger partial charge in [0, 0.05) is 44.2 Å². The molecule has 3 heteroatoms. The van der Waals surface area contributed by atoms with Crippen molar-refractivity contribution in [2.75, 3.05) is 4.90 Å². The SMILES string of the molecule is [2H]c1c([2H])c([2H])c(-c2c([2H])c([2H])c(N(c3c([2H])c([2H])c(-c4c5oc6c([2H])c([2H])c([2H])c([2H])c6c5c([2H])c5oc6c([2H])c([2H])c([2H])c([2H])c6c45)c([2H])c3[2H])c3c([2H])c([2H])c4c([2H])c([2H])c([2H])c([2H])c4c3[2H])c([2H])c2[2H])c([2H])c1[2H]. The van der Waals surface area contributed by atoms with E-state index >= 15 is 0 Å². The Hall–Kier alpha value is -6.58. The maximum atomic E-state index is 9.78. The molecule has 0 N–H and O–H groups in total. The lowest BCUT2D eigenvalue weighted by Gasteiger charge is -2.26. The molecule has 0 aliphatic carbocycles. The topological polar surface area (TPSA) is 29.5 Å². The number of hydrogen-bond acceptors (Lipinski definition) is 3. The maximum absolute atomic E-state index is 9.78. The second kappa shape index (κ2) is 11.0. The Bertz CT molecular complexity index is 4400. The van der Waals surface area contributed by atoms with E-state index in [0.717, 1.165) is 0 Å². The lowest BCUT2D eigenvalue weighted by Crippen LogP contribution is -2.09. The first-order valence-electron chi connectivity index (χ1n) is 28.7. The minimum absolute atomic E-state index is 0.355. The van der Waals surface area contributed by atoms with Gasteiger partial charge in [0.25, 0.3) is 0 Å². The summed E-state index contributed by atoms with van der Waals surface area (Å²) in [4.78, 5) is 0.355. The molecule has 0 amide bonds. The molecule has 2 aromatic heterocycles. The first kappa shape index (κ1) is 11.3. The Morgan fingerprint density at radius 3 is 1.71 bits per heavy atom. The van der Waals surface area contributed by atoms with Gasteiger partial charge in [-0.3, -0.25) is 0 Å². The number of nitrogens with zero attached hydrogens (tertiary/aromatic N) is 1. The van der Waals surface area contributed by atoms with Gasteiger partial charge < -0.3 is 13.7 Å². The predicted molar refractivity (Wildman–Crippen MR) is 204 cm³/mol. The van der Waals surface area contributed by atoms with Crippen molar-refractivity contribution in [2.45, 2.75) is 0 Å². The smallest absolute Gasteiger partial charge is 0.144 e. The van der Waals surface area contributed by atoms with Crippen molar-refractivity contribution in [1.82, 2.24) is 0 Å². The van der Waals surface area contributed by atoms with Gasteiger partial charge in [-0.2, -0.15) is 0 Å². The van der Waals surface area contributed by atoms with Gasteiger partial charge >= 0.3 is 0 Å². The summed E-state index contributed by atoms with van der Waals surface area (Å²) in [5, 5.41) is -3.36. The third kappa shape index (κ3) is 4.51. The number of benzene rings is 8. The number of anilines is 3. The minimum Gasteiger partial charge on any atom is -0.456 e. The highest BCUT2D eigenvalue weighted by Gasteiger charge is 2.21. The quantitative estimate of drug-likeness (QED) is 0.185. The van der Waals surface area contributed by atoms with Crippen LogP contribution in [0.4, 0.5) is 17.1 Å². The summed E-state index contributed by atoms with van der Waals surface area (Å²) >= 11 is 0. The molecule has 3 nitrogen and oxygen atoms in total. The molecule has 10 rings (SSSR count). The summed E-state index contributed by atoms with van der Waals surface area (Å²) < 4.78 is 271. The monoisotopic (exact) mass is 656 g/mol. The van der Waals surface area contributed by atoms with Gasteiger partial charge in [0.2, 0.25) is 0 Å². The second-order valence-electron chi connectivity index (χ2n) is 10.3. The van der Waals surface area contributed by atoms with E-state index in [4.69, 9.17) is 33.5 Å². The van der Waals surface area contributed by atoms with E-state index < -0.39 is 269 Å². The molecule has 2 heterocycles. The molecule has 0 bridgehead atoms. The fourth-order valence-electron chi connectivity index (χ4n) is 5.41. The van der Waals surface area contributed by atoms with Crippen LogP contribution in [-0.2, 0) is 0 Å². The Labute approximate surface area is 323 Å². The summed E-state index contributed by atoms with van der Waals surface area (Å²) in [6, 6.07) is -28.4. The van der Waals surface area contributed by atoms with Crippen LogP contribution in [0.3, 0.4) is 0 Å². The van der Waals surface area contributed by atoms with Crippen molar-refractivity contribution in [3.8, 4) is 22.3 Å². The van der Waals surface area contributed by atoms with Crippen LogP contribution >= 0.6 is 0 Å². The summed E-state index contributed by atoms with van der Waals surface area (Å²) in [6.07, 6.45) is 0. The third-order valence-corrected chi connectivity index (χ3v) is 7.52. The molecular weight excluding hydrogens is 599 g/mol. The third-order valence-electron chi connectivity index (χ3n) is 7.52. The number of para-hydroxylation sites is 2. The van der Waals surface area contributed by atoms with Gasteiger partial charge in [-0.15, -0.1) is 0 Å². The zero-order valence-electron chi connectivity index (χ0n) is 53.3. The van der Waals surface area contributed by atoms with E-state index in [1.165, 1.54) is 0 Å². The Balaban J connectivity index is 1.42. The zero-order chi connectivity index (χ0) is 57.5. The van der Waals surface area contributed by atoms with Crippen LogP contribution in [0.25, 0.3) is 76.9 Å². The van der Waals surface area contributed by atoms with E-state index in [2.05, 4.69) is 0 Å². The minimum atomic E-state index is -1.26. The summed E-state index contributed by atoms with van der Waals surface area (Å²) in [5.74, 6) is 0. The second-order valence-corrected chi connectivity index (χ2v) is 10.3. The van der Waals surface area contributed by atoms with Gasteiger partial charge in [-0.05, 0) is 81.8 Å². The number of rotatable bonds is 5. The summed E-state index contributed by atoms with van der Waals surface area (Å²) in [6.45, 7) is 0. The highest BCUT2D eigenvalue weighted by atomic mass is 16.3. The molecule has 49 heavy (non-hydrogen) atoms. The molecule has 0 fully saturated rings. The first-order chi connectivity index (χ1) is 36.4. The van der Waals surface area contributed by atoms with Crippen molar-refractivity contribution >= 4 is 71.7 Å². The fraction of sp³-hybridized carbons (Fsp3) is 0. The molecule has 230 valence electrons. The van der Waals surface area contributed by atoms with Crippen molar-refractivity contribution in [2.24, 2.45) is 0 Å². The van der Waals surface area contributed by atoms with Crippen LogP contribution in [0.1, 0.15) is 39.8 Å². The van der Waals surface area contributed by atoms with E-state index in [1.807, 2.05) is 0 Å². The summed E-state index contributed by atoms with van der Waals surface area (Å²) in [7, 11) is 0. The zero-order valence-corrected chi connectivity index (χ0v) is 24.3. The number of furan rings is 2. The van der Waals surface area contributed by atoms with E-state index in [9.17, 15) is 15.1 Å². The van der Waals surface area contributed by atoms with Crippen LogP contribution in [0.5, 0.6) is 0 Å². The molecule has 8 aromatic carbocycles. The van der Waals surface area contributed by atoms with Crippen LogP contribution in [-0.4, -0.2) is 0 Å². The lowest BCUT2D eigenvalue weighted by atomic mass is 9.96. The molecule has 0 aliphatic heterocycles. The molecule has 0 atom stereocenters. The largest absolute Gasteiger partial charge is 0.456 e. The van der Waals surface area contributed by atoms with E-state index in [1.54, 1.807) is 0 Å². The first-order valence-corrected chi connectivity index (χ1v) is 14.2. The van der Waals surface area contributed by atoms with Gasteiger partial charge in [-0.1, -0.05) is 121 Å². The molecule has 0 radical (unpaired) electrons. The average Bonchev–Trinajstić information content (AvgIpc) is 4.22.